The third-order valence-corrected chi connectivity index (χ3v) is 3.06. The molecule has 2 saturated carbocycles. The zero-order chi connectivity index (χ0) is 7.03. The van der Waals surface area contributed by atoms with Crippen LogP contribution in [-0.2, 0) is 0 Å². The van der Waals surface area contributed by atoms with Crippen molar-refractivity contribution >= 4 is 0 Å². The lowest BCUT2D eigenvalue weighted by molar-refractivity contribution is -0.0167. The van der Waals surface area contributed by atoms with E-state index >= 15 is 0 Å². The summed E-state index contributed by atoms with van der Waals surface area (Å²) in [5.74, 6) is 0.688. The monoisotopic (exact) mass is 140 g/mol. The fraction of sp³-hybridized carbons (Fsp3) is 1.00. The van der Waals surface area contributed by atoms with Gasteiger partial charge in [0.1, 0.15) is 0 Å². The largest absolute Gasteiger partial charge is 0.390 e. The molecule has 0 aliphatic heterocycles. The molecule has 0 amide bonds. The van der Waals surface area contributed by atoms with Crippen molar-refractivity contribution in [3.8, 4) is 0 Å². The van der Waals surface area contributed by atoms with Gasteiger partial charge in [0.15, 0.2) is 0 Å². The molecule has 10 heavy (non-hydrogen) atoms. The molecular formula is C9H16O. The van der Waals surface area contributed by atoms with Gasteiger partial charge in [-0.05, 0) is 31.6 Å². The lowest BCUT2D eigenvalue weighted by atomic mass is 9.81. The summed E-state index contributed by atoms with van der Waals surface area (Å²) in [5.41, 5.74) is -0.210. The third-order valence-electron chi connectivity index (χ3n) is 3.06. The SMILES string of the molecule is OC1(C2CC2)CCCCC1. The van der Waals surface area contributed by atoms with Gasteiger partial charge in [-0.2, -0.15) is 0 Å². The van der Waals surface area contributed by atoms with Crippen molar-refractivity contribution in [2.24, 2.45) is 5.92 Å². The maximum absolute atomic E-state index is 10.0. The van der Waals surface area contributed by atoms with Crippen LogP contribution in [0.4, 0.5) is 0 Å². The van der Waals surface area contributed by atoms with E-state index in [0.717, 1.165) is 12.8 Å². The van der Waals surface area contributed by atoms with Gasteiger partial charge in [0.2, 0.25) is 0 Å². The van der Waals surface area contributed by atoms with E-state index in [1.54, 1.807) is 0 Å². The second kappa shape index (κ2) is 2.23. The standard InChI is InChI=1S/C9H16O/c10-9(8-4-5-8)6-2-1-3-7-9/h8,10H,1-7H2. The topological polar surface area (TPSA) is 20.2 Å². The van der Waals surface area contributed by atoms with Crippen LogP contribution in [0.25, 0.3) is 0 Å². The van der Waals surface area contributed by atoms with Crippen LogP contribution in [0, 0.1) is 5.92 Å². The molecular weight excluding hydrogens is 124 g/mol. The molecule has 58 valence electrons. The lowest BCUT2D eigenvalue weighted by Crippen LogP contribution is -2.33. The van der Waals surface area contributed by atoms with Crippen molar-refractivity contribution in [1.29, 1.82) is 0 Å². The molecule has 2 aliphatic carbocycles. The molecule has 0 aromatic rings. The van der Waals surface area contributed by atoms with E-state index in [1.165, 1.54) is 32.1 Å². The van der Waals surface area contributed by atoms with Crippen LogP contribution in [0.2, 0.25) is 0 Å². The minimum Gasteiger partial charge on any atom is -0.390 e. The third kappa shape index (κ3) is 1.07. The van der Waals surface area contributed by atoms with Crippen LogP contribution in [0.1, 0.15) is 44.9 Å². The van der Waals surface area contributed by atoms with Gasteiger partial charge in [-0.1, -0.05) is 19.3 Å². The second-order valence-corrected chi connectivity index (χ2v) is 3.94. The van der Waals surface area contributed by atoms with Crippen molar-refractivity contribution in [2.45, 2.75) is 50.5 Å². The molecule has 0 radical (unpaired) electrons. The van der Waals surface area contributed by atoms with E-state index in [9.17, 15) is 5.11 Å². The quantitative estimate of drug-likeness (QED) is 0.591. The molecule has 0 atom stereocenters. The maximum atomic E-state index is 10.0. The number of aliphatic hydroxyl groups is 1. The van der Waals surface area contributed by atoms with E-state index in [4.69, 9.17) is 0 Å². The van der Waals surface area contributed by atoms with Crippen LogP contribution in [0.5, 0.6) is 0 Å². The summed E-state index contributed by atoms with van der Waals surface area (Å²) in [6, 6.07) is 0. The highest BCUT2D eigenvalue weighted by Gasteiger charge is 2.43. The summed E-state index contributed by atoms with van der Waals surface area (Å²) in [4.78, 5) is 0. The van der Waals surface area contributed by atoms with Crippen molar-refractivity contribution in [1.82, 2.24) is 0 Å². The number of hydrogen-bond acceptors (Lipinski definition) is 1. The molecule has 0 bridgehead atoms. The molecule has 0 unspecified atom stereocenters. The summed E-state index contributed by atoms with van der Waals surface area (Å²) in [6.07, 6.45) is 8.59. The first kappa shape index (κ1) is 6.66. The molecule has 1 heteroatoms. The van der Waals surface area contributed by atoms with Crippen LogP contribution in [0.3, 0.4) is 0 Å². The summed E-state index contributed by atoms with van der Waals surface area (Å²) < 4.78 is 0. The van der Waals surface area contributed by atoms with E-state index in [0.29, 0.717) is 5.92 Å². The molecule has 1 N–H and O–H groups in total. The van der Waals surface area contributed by atoms with Crippen molar-refractivity contribution < 1.29 is 5.11 Å². The Morgan fingerprint density at radius 1 is 1.00 bits per heavy atom. The average Bonchev–Trinajstić information content (AvgIpc) is 2.69. The predicted molar refractivity (Wildman–Crippen MR) is 40.8 cm³/mol. The number of rotatable bonds is 1. The van der Waals surface area contributed by atoms with Gasteiger partial charge in [-0.15, -0.1) is 0 Å². The molecule has 0 heterocycles. The first-order valence-corrected chi connectivity index (χ1v) is 4.54. The van der Waals surface area contributed by atoms with E-state index in [1.807, 2.05) is 0 Å². The first-order valence-electron chi connectivity index (χ1n) is 4.54. The molecule has 1 nitrogen and oxygen atoms in total. The van der Waals surface area contributed by atoms with Crippen LogP contribution in [0.15, 0.2) is 0 Å². The fourth-order valence-electron chi connectivity index (χ4n) is 2.19. The van der Waals surface area contributed by atoms with E-state index < -0.39 is 0 Å². The Hall–Kier alpha value is -0.0400. The molecule has 0 aromatic heterocycles. The summed E-state index contributed by atoms with van der Waals surface area (Å²) in [7, 11) is 0. The summed E-state index contributed by atoms with van der Waals surface area (Å²) in [5, 5.41) is 10.0. The minimum atomic E-state index is -0.210. The van der Waals surface area contributed by atoms with Gasteiger partial charge in [0.05, 0.1) is 5.60 Å². The minimum absolute atomic E-state index is 0.210. The van der Waals surface area contributed by atoms with Gasteiger partial charge in [-0.25, -0.2) is 0 Å². The van der Waals surface area contributed by atoms with E-state index in [-0.39, 0.29) is 5.60 Å². The van der Waals surface area contributed by atoms with Gasteiger partial charge < -0.3 is 5.11 Å². The molecule has 0 aromatic carbocycles. The van der Waals surface area contributed by atoms with Gasteiger partial charge in [-0.3, -0.25) is 0 Å². The summed E-state index contributed by atoms with van der Waals surface area (Å²) in [6.45, 7) is 0. The predicted octanol–water partition coefficient (Wildman–Crippen LogP) is 2.09. The average molecular weight is 140 g/mol. The van der Waals surface area contributed by atoms with Crippen LogP contribution in [-0.4, -0.2) is 10.7 Å². The Labute approximate surface area is 62.4 Å². The van der Waals surface area contributed by atoms with Crippen molar-refractivity contribution in [3.05, 3.63) is 0 Å². The maximum Gasteiger partial charge on any atom is 0.0675 e. The number of hydrogen-bond donors (Lipinski definition) is 1. The zero-order valence-electron chi connectivity index (χ0n) is 6.47. The lowest BCUT2D eigenvalue weighted by Gasteiger charge is -2.32. The summed E-state index contributed by atoms with van der Waals surface area (Å²) >= 11 is 0. The van der Waals surface area contributed by atoms with Crippen LogP contribution < -0.4 is 0 Å². The Bertz CT molecular complexity index is 121. The normalized spacial score (nSPS) is 32.1. The Morgan fingerprint density at radius 3 is 2.10 bits per heavy atom. The molecule has 2 fully saturated rings. The Morgan fingerprint density at radius 2 is 1.60 bits per heavy atom. The van der Waals surface area contributed by atoms with Crippen molar-refractivity contribution in [3.63, 3.8) is 0 Å². The van der Waals surface area contributed by atoms with E-state index in [2.05, 4.69) is 0 Å². The Balaban J connectivity index is 1.97. The Kier molecular flexibility index (Phi) is 1.48. The highest BCUT2D eigenvalue weighted by Crippen LogP contribution is 2.46. The first-order chi connectivity index (χ1) is 4.81. The highest BCUT2D eigenvalue weighted by atomic mass is 16.3. The molecule has 0 saturated heterocycles. The zero-order valence-corrected chi connectivity index (χ0v) is 6.47. The second-order valence-electron chi connectivity index (χ2n) is 3.94. The van der Waals surface area contributed by atoms with Crippen molar-refractivity contribution in [2.75, 3.05) is 0 Å². The highest BCUT2D eigenvalue weighted by molar-refractivity contribution is 4.95. The smallest absolute Gasteiger partial charge is 0.0675 e. The van der Waals surface area contributed by atoms with Crippen LogP contribution >= 0.6 is 0 Å². The van der Waals surface area contributed by atoms with Gasteiger partial charge in [0.25, 0.3) is 0 Å². The molecule has 0 spiro atoms. The fourth-order valence-corrected chi connectivity index (χ4v) is 2.19. The van der Waals surface area contributed by atoms with Gasteiger partial charge >= 0.3 is 0 Å². The molecule has 2 rings (SSSR count). The van der Waals surface area contributed by atoms with Gasteiger partial charge in [0, 0.05) is 0 Å². The molecule has 2 aliphatic rings.